The first-order chi connectivity index (χ1) is 12.7. The van der Waals surface area contributed by atoms with Crippen molar-refractivity contribution in [1.82, 2.24) is 20.5 Å². The van der Waals surface area contributed by atoms with Crippen LogP contribution in [0.3, 0.4) is 0 Å². The Kier molecular flexibility index (Phi) is 9.66. The molecule has 8 heteroatoms. The molecule has 0 atom stereocenters. The van der Waals surface area contributed by atoms with Gasteiger partial charge in [-0.25, -0.2) is 9.98 Å². The summed E-state index contributed by atoms with van der Waals surface area (Å²) >= 11 is 1.69. The first kappa shape index (κ1) is 25.1. The number of aliphatic imine (C=N–C) groups is 1. The van der Waals surface area contributed by atoms with E-state index in [-0.39, 0.29) is 40.7 Å². The minimum Gasteiger partial charge on any atom is -0.357 e. The van der Waals surface area contributed by atoms with Gasteiger partial charge >= 0.3 is 0 Å². The maximum absolute atomic E-state index is 12.7. The maximum atomic E-state index is 12.7. The second kappa shape index (κ2) is 10.8. The maximum Gasteiger partial charge on any atom is 0.230 e. The van der Waals surface area contributed by atoms with Gasteiger partial charge in [0.2, 0.25) is 5.91 Å². The van der Waals surface area contributed by atoms with Crippen molar-refractivity contribution in [2.45, 2.75) is 65.3 Å². The zero-order chi connectivity index (χ0) is 20.1. The Hall–Kier alpha value is -0.900. The number of amides is 1. The summed E-state index contributed by atoms with van der Waals surface area (Å²) in [4.78, 5) is 23.9. The van der Waals surface area contributed by atoms with Gasteiger partial charge in [-0.15, -0.1) is 35.3 Å². The fraction of sp³-hybridized carbons (Fsp3) is 0.750. The van der Waals surface area contributed by atoms with Crippen LogP contribution < -0.4 is 10.6 Å². The Labute approximate surface area is 191 Å². The molecule has 0 aliphatic heterocycles. The first-order valence-corrected chi connectivity index (χ1v) is 10.7. The van der Waals surface area contributed by atoms with E-state index in [9.17, 15) is 4.79 Å². The first-order valence-electron chi connectivity index (χ1n) is 9.87. The highest BCUT2D eigenvalue weighted by Crippen LogP contribution is 2.38. The van der Waals surface area contributed by atoms with Crippen LogP contribution in [-0.4, -0.2) is 48.9 Å². The van der Waals surface area contributed by atoms with Crippen molar-refractivity contribution in [1.29, 1.82) is 0 Å². The molecule has 0 unspecified atom stereocenters. The normalized spacial score (nSPS) is 16.4. The van der Waals surface area contributed by atoms with Crippen LogP contribution in [0, 0.1) is 5.41 Å². The van der Waals surface area contributed by atoms with E-state index in [2.05, 4.69) is 41.8 Å². The van der Waals surface area contributed by atoms with Crippen LogP contribution >= 0.6 is 35.3 Å². The molecule has 1 fully saturated rings. The van der Waals surface area contributed by atoms with Crippen LogP contribution in [0.1, 0.15) is 64.1 Å². The van der Waals surface area contributed by atoms with E-state index in [0.29, 0.717) is 13.1 Å². The number of carbonyl (C=O) groups excluding carboxylic acids is 1. The molecule has 1 aliphatic carbocycles. The lowest BCUT2D eigenvalue weighted by Crippen LogP contribution is -2.49. The molecular formula is C20H36IN5OS. The van der Waals surface area contributed by atoms with E-state index in [0.717, 1.165) is 48.9 Å². The van der Waals surface area contributed by atoms with E-state index in [1.165, 1.54) is 0 Å². The van der Waals surface area contributed by atoms with E-state index in [4.69, 9.17) is 4.98 Å². The predicted octanol–water partition coefficient (Wildman–Crippen LogP) is 3.76. The standard InChI is InChI=1S/C20H35N5OS.HI/c1-7-21-18(22-12-15-13-27-16(24-15)19(2,3)4)23-14-20(10-8-9-11-20)17(26)25(5)6;/h13H,7-12,14H2,1-6H3,(H2,21,22,23);1H. The van der Waals surface area contributed by atoms with Crippen molar-refractivity contribution >= 4 is 47.2 Å². The number of aromatic nitrogens is 1. The summed E-state index contributed by atoms with van der Waals surface area (Å²) in [5, 5.41) is 9.92. The number of thiazole rings is 1. The monoisotopic (exact) mass is 521 g/mol. The summed E-state index contributed by atoms with van der Waals surface area (Å²) in [6.45, 7) is 10.5. The fourth-order valence-electron chi connectivity index (χ4n) is 3.47. The lowest BCUT2D eigenvalue weighted by molar-refractivity contribution is -0.138. The largest absolute Gasteiger partial charge is 0.357 e. The van der Waals surface area contributed by atoms with Crippen molar-refractivity contribution in [2.75, 3.05) is 27.2 Å². The lowest BCUT2D eigenvalue weighted by atomic mass is 9.84. The third-order valence-corrected chi connectivity index (χ3v) is 6.27. The highest BCUT2D eigenvalue weighted by molar-refractivity contribution is 14.0. The molecule has 6 nitrogen and oxygen atoms in total. The van der Waals surface area contributed by atoms with Crippen LogP contribution in [0.15, 0.2) is 10.4 Å². The molecule has 1 saturated carbocycles. The van der Waals surface area contributed by atoms with Crippen molar-refractivity contribution in [2.24, 2.45) is 10.4 Å². The average Bonchev–Trinajstić information content (AvgIpc) is 3.26. The molecule has 1 heterocycles. The molecule has 2 rings (SSSR count). The van der Waals surface area contributed by atoms with Gasteiger partial charge < -0.3 is 15.5 Å². The van der Waals surface area contributed by atoms with Gasteiger partial charge in [0.1, 0.15) is 0 Å². The zero-order valence-electron chi connectivity index (χ0n) is 18.1. The molecule has 1 aliphatic rings. The van der Waals surface area contributed by atoms with Crippen LogP contribution in [0.25, 0.3) is 0 Å². The predicted molar refractivity (Wildman–Crippen MR) is 129 cm³/mol. The van der Waals surface area contributed by atoms with Gasteiger partial charge in [0.25, 0.3) is 0 Å². The van der Waals surface area contributed by atoms with E-state index < -0.39 is 0 Å². The highest BCUT2D eigenvalue weighted by atomic mass is 127. The van der Waals surface area contributed by atoms with Gasteiger partial charge in [-0.1, -0.05) is 33.6 Å². The molecule has 160 valence electrons. The number of nitrogens with zero attached hydrogens (tertiary/aromatic N) is 3. The minimum absolute atomic E-state index is 0. The summed E-state index contributed by atoms with van der Waals surface area (Å²) in [6.07, 6.45) is 4.11. The molecule has 1 amide bonds. The Morgan fingerprint density at radius 2 is 1.93 bits per heavy atom. The van der Waals surface area contributed by atoms with Crippen molar-refractivity contribution in [3.8, 4) is 0 Å². The molecule has 1 aromatic heterocycles. The number of rotatable bonds is 6. The number of halogens is 1. The lowest BCUT2D eigenvalue weighted by Gasteiger charge is -2.31. The van der Waals surface area contributed by atoms with Crippen LogP contribution in [0.5, 0.6) is 0 Å². The van der Waals surface area contributed by atoms with Gasteiger partial charge in [0.15, 0.2) is 5.96 Å². The van der Waals surface area contributed by atoms with E-state index >= 15 is 0 Å². The topological polar surface area (TPSA) is 69.6 Å². The summed E-state index contributed by atoms with van der Waals surface area (Å²) in [5.74, 6) is 0.971. The Bertz CT molecular complexity index is 660. The second-order valence-corrected chi connectivity index (χ2v) is 9.49. The van der Waals surface area contributed by atoms with Crippen molar-refractivity contribution in [3.63, 3.8) is 0 Å². The molecule has 0 spiro atoms. The van der Waals surface area contributed by atoms with Gasteiger partial charge in [0, 0.05) is 38.0 Å². The van der Waals surface area contributed by atoms with Crippen LogP contribution in [0.4, 0.5) is 0 Å². The number of hydrogen-bond donors (Lipinski definition) is 2. The smallest absolute Gasteiger partial charge is 0.230 e. The molecule has 28 heavy (non-hydrogen) atoms. The fourth-order valence-corrected chi connectivity index (χ4v) is 4.37. The molecule has 2 N–H and O–H groups in total. The quantitative estimate of drug-likeness (QED) is 0.340. The Morgan fingerprint density at radius 1 is 1.29 bits per heavy atom. The van der Waals surface area contributed by atoms with Gasteiger partial charge in [-0.05, 0) is 19.8 Å². The third-order valence-electron chi connectivity index (χ3n) is 4.95. The zero-order valence-corrected chi connectivity index (χ0v) is 21.2. The highest BCUT2D eigenvalue weighted by Gasteiger charge is 2.42. The number of hydrogen-bond acceptors (Lipinski definition) is 4. The average molecular weight is 522 g/mol. The molecule has 0 saturated heterocycles. The van der Waals surface area contributed by atoms with Crippen LogP contribution in [0.2, 0.25) is 0 Å². The number of carbonyl (C=O) groups is 1. The molecule has 0 radical (unpaired) electrons. The van der Waals surface area contributed by atoms with E-state index in [1.54, 1.807) is 16.2 Å². The second-order valence-electron chi connectivity index (χ2n) is 8.63. The van der Waals surface area contributed by atoms with Gasteiger partial charge in [0.05, 0.1) is 22.7 Å². The minimum atomic E-state index is -0.306. The Balaban J connectivity index is 0.00000392. The third kappa shape index (κ3) is 6.57. The van der Waals surface area contributed by atoms with Gasteiger partial charge in [-0.3, -0.25) is 4.79 Å². The Morgan fingerprint density at radius 3 is 2.43 bits per heavy atom. The molecular weight excluding hydrogens is 485 g/mol. The number of nitrogens with one attached hydrogen (secondary N) is 2. The van der Waals surface area contributed by atoms with Crippen molar-refractivity contribution < 1.29 is 4.79 Å². The summed E-state index contributed by atoms with van der Waals surface area (Å²) in [6, 6.07) is 0. The van der Waals surface area contributed by atoms with Gasteiger partial charge in [-0.2, -0.15) is 0 Å². The van der Waals surface area contributed by atoms with Crippen molar-refractivity contribution in [3.05, 3.63) is 16.1 Å². The van der Waals surface area contributed by atoms with Crippen LogP contribution in [-0.2, 0) is 16.8 Å². The van der Waals surface area contributed by atoms with E-state index in [1.807, 2.05) is 21.0 Å². The molecule has 1 aromatic rings. The number of guanidine groups is 1. The SMILES string of the molecule is CCNC(=NCc1csc(C(C)(C)C)n1)NCC1(C(=O)N(C)C)CCCC1.I. The summed E-state index contributed by atoms with van der Waals surface area (Å²) < 4.78 is 0. The molecule has 0 bridgehead atoms. The summed E-state index contributed by atoms with van der Waals surface area (Å²) in [7, 11) is 3.69. The molecule has 0 aromatic carbocycles. The summed E-state index contributed by atoms with van der Waals surface area (Å²) in [5.41, 5.74) is 0.748.